The molecule has 3 rings (SSSR count). The summed E-state index contributed by atoms with van der Waals surface area (Å²) in [4.78, 5) is 23.9. The summed E-state index contributed by atoms with van der Waals surface area (Å²) in [7, 11) is -2.12. The normalized spacial score (nSPS) is 15.2. The number of benzene rings is 2. The molecule has 0 spiro atoms. The number of hydrogen-bond acceptors (Lipinski definition) is 6. The van der Waals surface area contributed by atoms with Gasteiger partial charge in [-0.25, -0.2) is 17.5 Å². The van der Waals surface area contributed by atoms with Crippen LogP contribution in [0, 0.1) is 12.8 Å². The zero-order valence-corrected chi connectivity index (χ0v) is 19.1. The minimum Gasteiger partial charge on any atom is -0.482 e. The van der Waals surface area contributed by atoms with Gasteiger partial charge in [-0.15, -0.1) is 0 Å². The Kier molecular flexibility index (Phi) is 7.87. The average molecular weight is 461 g/mol. The number of ether oxygens (including phenoxy) is 2. The minimum absolute atomic E-state index is 0.0334. The van der Waals surface area contributed by atoms with Gasteiger partial charge in [0.2, 0.25) is 15.9 Å². The molecule has 8 nitrogen and oxygen atoms in total. The Morgan fingerprint density at radius 1 is 1.09 bits per heavy atom. The number of aryl methyl sites for hydroxylation is 1. The summed E-state index contributed by atoms with van der Waals surface area (Å²) in [5, 5.41) is 2.92. The molecular weight excluding hydrogens is 432 g/mol. The molecule has 2 aromatic rings. The van der Waals surface area contributed by atoms with Crippen molar-refractivity contribution in [1.29, 1.82) is 0 Å². The smallest absolute Gasteiger partial charge is 0.343 e. The SMILES string of the molecule is COC(=O)COc1ccc(NC(=O)C2CCN(S(=O)(=O)Cc3ccccc3)CC2)c(C)c1. The number of anilines is 1. The highest BCUT2D eigenvalue weighted by Crippen LogP contribution is 2.26. The van der Waals surface area contributed by atoms with Gasteiger partial charge in [-0.2, -0.15) is 0 Å². The third-order valence-electron chi connectivity index (χ3n) is 5.45. The topological polar surface area (TPSA) is 102 Å². The molecule has 1 heterocycles. The van der Waals surface area contributed by atoms with Gasteiger partial charge in [-0.3, -0.25) is 4.79 Å². The maximum atomic E-state index is 12.7. The van der Waals surface area contributed by atoms with Crippen molar-refractivity contribution in [1.82, 2.24) is 4.31 Å². The van der Waals surface area contributed by atoms with Crippen molar-refractivity contribution in [2.75, 3.05) is 32.1 Å². The van der Waals surface area contributed by atoms with Crippen LogP contribution in [-0.4, -0.2) is 51.4 Å². The second-order valence-electron chi connectivity index (χ2n) is 7.75. The van der Waals surface area contributed by atoms with Gasteiger partial charge in [0.1, 0.15) is 5.75 Å². The van der Waals surface area contributed by atoms with Crippen molar-refractivity contribution in [3.8, 4) is 5.75 Å². The quantitative estimate of drug-likeness (QED) is 0.608. The van der Waals surface area contributed by atoms with Gasteiger partial charge in [0.05, 0.1) is 12.9 Å². The highest BCUT2D eigenvalue weighted by atomic mass is 32.2. The van der Waals surface area contributed by atoms with Crippen LogP contribution in [0.5, 0.6) is 5.75 Å². The fraction of sp³-hybridized carbons (Fsp3) is 0.391. The molecule has 0 aliphatic carbocycles. The number of sulfonamides is 1. The lowest BCUT2D eigenvalue weighted by atomic mass is 9.97. The van der Waals surface area contributed by atoms with Crippen molar-refractivity contribution in [2.24, 2.45) is 5.92 Å². The Hall–Kier alpha value is -2.91. The molecule has 1 fully saturated rings. The number of rotatable bonds is 8. The summed E-state index contributed by atoms with van der Waals surface area (Å²) in [5.41, 5.74) is 2.20. The molecule has 9 heteroatoms. The van der Waals surface area contributed by atoms with Crippen LogP contribution in [0.15, 0.2) is 48.5 Å². The number of esters is 1. The highest BCUT2D eigenvalue weighted by Gasteiger charge is 2.31. The summed E-state index contributed by atoms with van der Waals surface area (Å²) >= 11 is 0. The Bertz CT molecular complexity index is 1050. The number of hydrogen-bond donors (Lipinski definition) is 1. The third kappa shape index (κ3) is 6.30. The number of amides is 1. The molecule has 0 bridgehead atoms. The first kappa shape index (κ1) is 23.7. The molecule has 1 aliphatic heterocycles. The third-order valence-corrected chi connectivity index (χ3v) is 7.30. The zero-order valence-electron chi connectivity index (χ0n) is 18.2. The van der Waals surface area contributed by atoms with Crippen LogP contribution < -0.4 is 10.1 Å². The highest BCUT2D eigenvalue weighted by molar-refractivity contribution is 7.88. The molecule has 1 saturated heterocycles. The summed E-state index contributed by atoms with van der Waals surface area (Å²) in [6, 6.07) is 14.2. The van der Waals surface area contributed by atoms with Crippen LogP contribution in [0.25, 0.3) is 0 Å². The Balaban J connectivity index is 1.52. The lowest BCUT2D eigenvalue weighted by Gasteiger charge is -2.30. The number of carbonyl (C=O) groups is 2. The molecule has 0 saturated carbocycles. The molecule has 172 valence electrons. The molecule has 32 heavy (non-hydrogen) atoms. The van der Waals surface area contributed by atoms with Crippen LogP contribution in [0.2, 0.25) is 0 Å². The minimum atomic E-state index is -3.41. The fourth-order valence-corrected chi connectivity index (χ4v) is 5.14. The predicted octanol–water partition coefficient (Wildman–Crippen LogP) is 2.73. The lowest BCUT2D eigenvalue weighted by Crippen LogP contribution is -2.41. The maximum absolute atomic E-state index is 12.7. The number of piperidine rings is 1. The summed E-state index contributed by atoms with van der Waals surface area (Å²) in [6.45, 7) is 2.30. The average Bonchev–Trinajstić information content (AvgIpc) is 2.79. The van der Waals surface area contributed by atoms with E-state index in [4.69, 9.17) is 4.74 Å². The van der Waals surface area contributed by atoms with E-state index in [2.05, 4.69) is 10.1 Å². The monoisotopic (exact) mass is 460 g/mol. The number of nitrogens with zero attached hydrogens (tertiary/aromatic N) is 1. The lowest BCUT2D eigenvalue weighted by molar-refractivity contribution is -0.142. The molecule has 0 atom stereocenters. The van der Waals surface area contributed by atoms with E-state index in [1.807, 2.05) is 25.1 Å². The molecule has 0 aromatic heterocycles. The van der Waals surface area contributed by atoms with Gasteiger partial charge in [-0.05, 0) is 49.1 Å². The van der Waals surface area contributed by atoms with Crippen molar-refractivity contribution in [2.45, 2.75) is 25.5 Å². The van der Waals surface area contributed by atoms with E-state index < -0.39 is 16.0 Å². The predicted molar refractivity (Wildman–Crippen MR) is 121 cm³/mol. The van der Waals surface area contributed by atoms with E-state index in [0.717, 1.165) is 11.1 Å². The van der Waals surface area contributed by atoms with Gasteiger partial charge in [0, 0.05) is 24.7 Å². The van der Waals surface area contributed by atoms with Gasteiger partial charge < -0.3 is 14.8 Å². The summed E-state index contributed by atoms with van der Waals surface area (Å²) in [5.74, 6) is -0.391. The molecule has 0 unspecified atom stereocenters. The Morgan fingerprint density at radius 3 is 2.41 bits per heavy atom. The number of carbonyl (C=O) groups excluding carboxylic acids is 2. The fourth-order valence-electron chi connectivity index (χ4n) is 3.57. The first-order valence-corrected chi connectivity index (χ1v) is 12.0. The Morgan fingerprint density at radius 2 is 1.78 bits per heavy atom. The van der Waals surface area contributed by atoms with Crippen LogP contribution >= 0.6 is 0 Å². The van der Waals surface area contributed by atoms with Crippen LogP contribution in [0.4, 0.5) is 5.69 Å². The van der Waals surface area contributed by atoms with E-state index in [1.54, 1.807) is 30.3 Å². The van der Waals surface area contributed by atoms with Crippen molar-refractivity contribution in [3.05, 3.63) is 59.7 Å². The van der Waals surface area contributed by atoms with Gasteiger partial charge in [0.25, 0.3) is 0 Å². The van der Waals surface area contributed by atoms with Crippen LogP contribution in [0.3, 0.4) is 0 Å². The van der Waals surface area contributed by atoms with Crippen molar-refractivity contribution < 1.29 is 27.5 Å². The number of methoxy groups -OCH3 is 1. The molecule has 1 aliphatic rings. The van der Waals surface area contributed by atoms with Crippen LogP contribution in [-0.2, 0) is 30.1 Å². The molecule has 1 amide bonds. The Labute approximate surface area is 188 Å². The maximum Gasteiger partial charge on any atom is 0.343 e. The molecule has 0 radical (unpaired) electrons. The first-order chi connectivity index (χ1) is 15.3. The zero-order chi connectivity index (χ0) is 23.1. The van der Waals surface area contributed by atoms with Gasteiger partial charge >= 0.3 is 5.97 Å². The van der Waals surface area contributed by atoms with E-state index in [-0.39, 0.29) is 24.2 Å². The molecule has 2 aromatic carbocycles. The first-order valence-electron chi connectivity index (χ1n) is 10.4. The van der Waals surface area contributed by atoms with E-state index in [1.165, 1.54) is 11.4 Å². The standard InChI is InChI=1S/C23H28N2O6S/c1-17-14-20(31-15-22(26)30-2)8-9-21(17)24-23(27)19-10-12-25(13-11-19)32(28,29)16-18-6-4-3-5-7-18/h3-9,14,19H,10-13,15-16H2,1-2H3,(H,24,27). The summed E-state index contributed by atoms with van der Waals surface area (Å²) < 4.78 is 36.8. The summed E-state index contributed by atoms with van der Waals surface area (Å²) in [6.07, 6.45) is 0.943. The second kappa shape index (κ2) is 10.6. The van der Waals surface area contributed by atoms with Crippen LogP contribution in [0.1, 0.15) is 24.0 Å². The largest absolute Gasteiger partial charge is 0.482 e. The van der Waals surface area contributed by atoms with Crippen molar-refractivity contribution >= 4 is 27.6 Å². The number of nitrogens with one attached hydrogen (secondary N) is 1. The van der Waals surface area contributed by atoms with E-state index >= 15 is 0 Å². The molecule has 1 N–H and O–H groups in total. The second-order valence-corrected chi connectivity index (χ2v) is 9.71. The van der Waals surface area contributed by atoms with E-state index in [0.29, 0.717) is 37.4 Å². The van der Waals surface area contributed by atoms with Gasteiger partial charge in [-0.1, -0.05) is 30.3 Å². The van der Waals surface area contributed by atoms with Gasteiger partial charge in [0.15, 0.2) is 6.61 Å². The molecular formula is C23H28N2O6S. The van der Waals surface area contributed by atoms with Crippen molar-refractivity contribution in [3.63, 3.8) is 0 Å². The van der Waals surface area contributed by atoms with E-state index in [9.17, 15) is 18.0 Å².